The van der Waals surface area contributed by atoms with Crippen molar-refractivity contribution in [2.45, 2.75) is 32.7 Å². The van der Waals surface area contributed by atoms with Crippen LogP contribution in [0.2, 0.25) is 0 Å². The monoisotopic (exact) mass is 469 g/mol. The molecule has 8 nitrogen and oxygen atoms in total. The fraction of sp³-hybridized carbons (Fsp3) is 0.261. The second-order valence-corrected chi connectivity index (χ2v) is 7.79. The van der Waals surface area contributed by atoms with Crippen LogP contribution in [0.1, 0.15) is 37.9 Å². The van der Waals surface area contributed by atoms with Crippen molar-refractivity contribution in [3.63, 3.8) is 0 Å². The predicted molar refractivity (Wildman–Crippen MR) is 124 cm³/mol. The third-order valence-corrected chi connectivity index (χ3v) is 5.08. The van der Waals surface area contributed by atoms with Crippen molar-refractivity contribution in [3.8, 4) is 6.07 Å². The van der Waals surface area contributed by atoms with Gasteiger partial charge in [-0.2, -0.15) is 19.0 Å². The Morgan fingerprint density at radius 2 is 2.06 bits per heavy atom. The van der Waals surface area contributed by atoms with Gasteiger partial charge in [0, 0.05) is 29.4 Å². The number of hydrogen-bond acceptors (Lipinski definition) is 7. The van der Waals surface area contributed by atoms with Gasteiger partial charge >= 0.3 is 11.6 Å². The molecule has 0 bridgehead atoms. The third kappa shape index (κ3) is 4.91. The van der Waals surface area contributed by atoms with E-state index in [1.807, 2.05) is 0 Å². The molecule has 0 aliphatic carbocycles. The van der Waals surface area contributed by atoms with Gasteiger partial charge in [-0.3, -0.25) is 4.57 Å². The quantitative estimate of drug-likeness (QED) is 0.435. The maximum absolute atomic E-state index is 14.9. The second kappa shape index (κ2) is 9.35. The molecule has 0 radical (unpaired) electrons. The van der Waals surface area contributed by atoms with Crippen molar-refractivity contribution in [3.05, 3.63) is 69.7 Å². The van der Waals surface area contributed by atoms with Gasteiger partial charge in [0.25, 0.3) is 0 Å². The maximum atomic E-state index is 14.9. The summed E-state index contributed by atoms with van der Waals surface area (Å²) in [6.07, 6.45) is 3.08. The highest BCUT2D eigenvalue weighted by atomic mass is 19.3. The first-order chi connectivity index (χ1) is 15.9. The molecule has 1 atom stereocenters. The number of benzene rings is 1. The zero-order valence-electron chi connectivity index (χ0n) is 18.9. The number of halogens is 3. The summed E-state index contributed by atoms with van der Waals surface area (Å²) in [5.74, 6) is -4.67. The molecule has 176 valence electrons. The smallest absolute Gasteiger partial charge is 0.360 e. The molecule has 0 aliphatic rings. The van der Waals surface area contributed by atoms with Crippen molar-refractivity contribution < 1.29 is 13.2 Å². The summed E-state index contributed by atoms with van der Waals surface area (Å²) in [6, 6.07) is 4.97. The zero-order chi connectivity index (χ0) is 25.2. The van der Waals surface area contributed by atoms with E-state index in [1.54, 1.807) is 26.0 Å². The molecule has 0 amide bonds. The van der Waals surface area contributed by atoms with E-state index < -0.39 is 29.0 Å². The molecule has 0 saturated heterocycles. The molecule has 0 fully saturated rings. The molecule has 2 aromatic heterocycles. The Bertz CT molecular complexity index is 1410. The maximum Gasteiger partial charge on any atom is 0.360 e. The summed E-state index contributed by atoms with van der Waals surface area (Å²) < 4.78 is 43.8. The minimum Gasteiger partial charge on any atom is -0.363 e. The lowest BCUT2D eigenvalue weighted by atomic mass is 10.0. The number of allylic oxidation sites excluding steroid dienone is 2. The van der Waals surface area contributed by atoms with E-state index in [-0.39, 0.29) is 11.4 Å². The van der Waals surface area contributed by atoms with E-state index in [0.717, 1.165) is 12.1 Å². The normalized spacial score (nSPS) is 12.8. The van der Waals surface area contributed by atoms with Crippen LogP contribution in [0, 0.1) is 22.6 Å². The zero-order valence-corrected chi connectivity index (χ0v) is 18.9. The first-order valence-corrected chi connectivity index (χ1v) is 10.2. The Morgan fingerprint density at radius 1 is 1.35 bits per heavy atom. The summed E-state index contributed by atoms with van der Waals surface area (Å²) in [6.45, 7) is 4.91. The van der Waals surface area contributed by atoms with Gasteiger partial charge in [-0.15, -0.1) is 0 Å². The molecule has 34 heavy (non-hydrogen) atoms. The number of nitrogens with zero attached hydrogens (tertiary/aromatic N) is 4. The number of aryl methyl sites for hydroxylation is 1. The molecule has 2 heterocycles. The highest BCUT2D eigenvalue weighted by molar-refractivity contribution is 5.92. The van der Waals surface area contributed by atoms with Gasteiger partial charge in [0.1, 0.15) is 23.5 Å². The van der Waals surface area contributed by atoms with Crippen molar-refractivity contribution in [2.75, 3.05) is 10.6 Å². The molecular weight excluding hydrogens is 447 g/mol. The topological polar surface area (TPSA) is 119 Å². The number of rotatable bonds is 7. The molecule has 0 aliphatic heterocycles. The van der Waals surface area contributed by atoms with E-state index in [0.29, 0.717) is 28.1 Å². The number of aromatic nitrogens is 3. The van der Waals surface area contributed by atoms with Crippen molar-refractivity contribution in [1.82, 2.24) is 14.5 Å². The van der Waals surface area contributed by atoms with E-state index in [1.165, 1.54) is 36.9 Å². The van der Waals surface area contributed by atoms with Crippen LogP contribution in [0.3, 0.4) is 0 Å². The standard InChI is InChI=1S/C23H22F3N7O/c1-12(28)8-13(2)30-19-9-16-18(10-29-19)33(4)22(34)32-21(16)31-14(3)15-6-5-7-17(20(15)24)23(25,26)11-27/h5-10,14,28H,1-4H3,(H,29,30)(H,31,32,34)/b13-8-,28-12?/t14-/m1/s1. The van der Waals surface area contributed by atoms with E-state index in [2.05, 4.69) is 20.6 Å². The molecule has 0 saturated carbocycles. The molecule has 0 unspecified atom stereocenters. The highest BCUT2D eigenvalue weighted by Crippen LogP contribution is 2.33. The van der Waals surface area contributed by atoms with Gasteiger partial charge in [0.15, 0.2) is 0 Å². The lowest BCUT2D eigenvalue weighted by molar-refractivity contribution is 0.0569. The lowest BCUT2D eigenvalue weighted by Crippen LogP contribution is -2.23. The van der Waals surface area contributed by atoms with E-state index >= 15 is 0 Å². The number of hydrogen-bond donors (Lipinski definition) is 3. The first-order valence-electron chi connectivity index (χ1n) is 10.2. The minimum atomic E-state index is -3.99. The molecule has 3 aromatic rings. The number of fused-ring (bicyclic) bond motifs is 1. The molecule has 3 rings (SSSR count). The van der Waals surface area contributed by atoms with Crippen molar-refractivity contribution in [1.29, 1.82) is 10.7 Å². The van der Waals surface area contributed by atoms with Gasteiger partial charge in [0.2, 0.25) is 0 Å². The average molecular weight is 469 g/mol. The molecule has 3 N–H and O–H groups in total. The highest BCUT2D eigenvalue weighted by Gasteiger charge is 2.35. The number of nitriles is 1. The predicted octanol–water partition coefficient (Wildman–Crippen LogP) is 4.61. The largest absolute Gasteiger partial charge is 0.363 e. The van der Waals surface area contributed by atoms with Gasteiger partial charge in [0.05, 0.1) is 23.3 Å². The summed E-state index contributed by atoms with van der Waals surface area (Å²) >= 11 is 0. The van der Waals surface area contributed by atoms with E-state index in [9.17, 15) is 18.0 Å². The van der Waals surface area contributed by atoms with Crippen molar-refractivity contribution in [2.24, 2.45) is 7.05 Å². The average Bonchev–Trinajstić information content (AvgIpc) is 2.76. The fourth-order valence-corrected chi connectivity index (χ4v) is 3.45. The summed E-state index contributed by atoms with van der Waals surface area (Å²) in [5.41, 5.74) is -0.284. The van der Waals surface area contributed by atoms with Gasteiger partial charge in [-0.25, -0.2) is 14.2 Å². The molecule has 11 heteroatoms. The van der Waals surface area contributed by atoms with Crippen molar-refractivity contribution >= 4 is 28.3 Å². The van der Waals surface area contributed by atoms with Crippen LogP contribution < -0.4 is 16.3 Å². The number of anilines is 2. The summed E-state index contributed by atoms with van der Waals surface area (Å²) in [7, 11) is 1.52. The number of pyridine rings is 1. The second-order valence-electron chi connectivity index (χ2n) is 7.79. The van der Waals surface area contributed by atoms with Gasteiger partial charge in [-0.1, -0.05) is 12.1 Å². The van der Waals surface area contributed by atoms with Gasteiger partial charge in [-0.05, 0) is 39.0 Å². The fourth-order valence-electron chi connectivity index (χ4n) is 3.45. The Balaban J connectivity index is 2.06. The Labute approximate surface area is 193 Å². The van der Waals surface area contributed by atoms with Crippen LogP contribution >= 0.6 is 0 Å². The summed E-state index contributed by atoms with van der Waals surface area (Å²) in [4.78, 5) is 20.7. The van der Waals surface area contributed by atoms with Crippen LogP contribution in [-0.4, -0.2) is 20.2 Å². The van der Waals surface area contributed by atoms with Crippen LogP contribution in [0.25, 0.3) is 10.9 Å². The lowest BCUT2D eigenvalue weighted by Gasteiger charge is -2.20. The molecule has 1 aromatic carbocycles. The summed E-state index contributed by atoms with van der Waals surface area (Å²) in [5, 5.41) is 22.7. The number of alkyl halides is 2. The van der Waals surface area contributed by atoms with Crippen LogP contribution in [0.5, 0.6) is 0 Å². The molecular formula is C23H22F3N7O. The number of nitrogens with one attached hydrogen (secondary N) is 3. The Morgan fingerprint density at radius 3 is 2.71 bits per heavy atom. The SMILES string of the molecule is CC(=N)/C=C(/C)Nc1cc2c(N[C@H](C)c3cccc(C(F)(F)C#N)c3F)nc(=O)n(C)c2cn1. The Kier molecular flexibility index (Phi) is 6.72. The molecule has 0 spiro atoms. The Hall–Kier alpha value is -4.20. The van der Waals surface area contributed by atoms with Crippen LogP contribution in [0.15, 0.2) is 47.0 Å². The van der Waals surface area contributed by atoms with E-state index in [4.69, 9.17) is 10.7 Å². The van der Waals surface area contributed by atoms with Crippen LogP contribution in [-0.2, 0) is 13.0 Å². The van der Waals surface area contributed by atoms with Crippen LogP contribution in [0.4, 0.5) is 24.8 Å². The van der Waals surface area contributed by atoms with Gasteiger partial charge < -0.3 is 16.0 Å². The first kappa shape index (κ1) is 24.4. The minimum absolute atomic E-state index is 0.109. The third-order valence-electron chi connectivity index (χ3n) is 5.08.